The number of carbonyl (C=O) groups is 2. The summed E-state index contributed by atoms with van der Waals surface area (Å²) in [4.78, 5) is 31.6. The van der Waals surface area contributed by atoms with E-state index in [0.29, 0.717) is 18.5 Å². The van der Waals surface area contributed by atoms with Gasteiger partial charge in [-0.2, -0.15) is 0 Å². The van der Waals surface area contributed by atoms with Crippen LogP contribution >= 0.6 is 0 Å². The summed E-state index contributed by atoms with van der Waals surface area (Å²) in [6, 6.07) is 24.0. The molecule has 29 heavy (non-hydrogen) atoms. The summed E-state index contributed by atoms with van der Waals surface area (Å²) in [7, 11) is 1.72. The van der Waals surface area contributed by atoms with Gasteiger partial charge in [-0.25, -0.2) is 0 Å². The Morgan fingerprint density at radius 2 is 1.59 bits per heavy atom. The van der Waals surface area contributed by atoms with E-state index in [1.165, 1.54) is 0 Å². The van der Waals surface area contributed by atoms with Crippen LogP contribution in [0.2, 0.25) is 0 Å². The number of benzene rings is 2. The molecule has 0 aliphatic heterocycles. The highest BCUT2D eigenvalue weighted by atomic mass is 16.2. The fourth-order valence-corrected chi connectivity index (χ4v) is 2.79. The third kappa shape index (κ3) is 5.87. The smallest absolute Gasteiger partial charge is 0.270 e. The summed E-state index contributed by atoms with van der Waals surface area (Å²) in [6.07, 6.45) is 4.06. The number of pyridine rings is 1. The lowest BCUT2D eigenvalue weighted by atomic mass is 10.1. The van der Waals surface area contributed by atoms with Crippen LogP contribution in [-0.4, -0.2) is 35.3 Å². The van der Waals surface area contributed by atoms with Gasteiger partial charge in [-0.3, -0.25) is 14.6 Å². The maximum absolute atomic E-state index is 13.1. The predicted octanol–water partition coefficient (Wildman–Crippen LogP) is 3.55. The van der Waals surface area contributed by atoms with E-state index < -0.39 is 0 Å². The van der Waals surface area contributed by atoms with Gasteiger partial charge in [0.05, 0.1) is 0 Å². The molecule has 0 atom stereocenters. The van der Waals surface area contributed by atoms with E-state index in [-0.39, 0.29) is 17.5 Å². The van der Waals surface area contributed by atoms with Gasteiger partial charge in [0.15, 0.2) is 0 Å². The number of likely N-dealkylation sites (N-methyl/N-ethyl adjacent to an activating group) is 1. The molecule has 1 N–H and O–H groups in total. The second-order valence-corrected chi connectivity index (χ2v) is 6.59. The molecule has 0 saturated heterocycles. The number of rotatable bonds is 7. The van der Waals surface area contributed by atoms with Crippen molar-refractivity contribution in [3.05, 3.63) is 108 Å². The first kappa shape index (κ1) is 20.0. The number of aromatic nitrogens is 1. The molecule has 1 heterocycles. The first-order valence-electron chi connectivity index (χ1n) is 9.42. The van der Waals surface area contributed by atoms with E-state index >= 15 is 0 Å². The second-order valence-electron chi connectivity index (χ2n) is 6.59. The molecule has 2 aromatic carbocycles. The zero-order valence-electron chi connectivity index (χ0n) is 16.3. The predicted molar refractivity (Wildman–Crippen MR) is 114 cm³/mol. The summed E-state index contributed by atoms with van der Waals surface area (Å²) in [5.41, 5.74) is 2.47. The van der Waals surface area contributed by atoms with Gasteiger partial charge in [0.1, 0.15) is 5.70 Å². The molecule has 0 aliphatic rings. The Morgan fingerprint density at radius 1 is 0.931 bits per heavy atom. The molecule has 5 nitrogen and oxygen atoms in total. The fourth-order valence-electron chi connectivity index (χ4n) is 2.79. The number of nitrogens with one attached hydrogen (secondary N) is 1. The van der Waals surface area contributed by atoms with E-state index in [4.69, 9.17) is 0 Å². The van der Waals surface area contributed by atoms with Gasteiger partial charge in [0.25, 0.3) is 11.8 Å². The van der Waals surface area contributed by atoms with Crippen LogP contribution in [0.1, 0.15) is 21.6 Å². The van der Waals surface area contributed by atoms with E-state index in [2.05, 4.69) is 10.3 Å². The standard InChI is InChI=1S/C24H23N3O2/c1-27(17-15-21-14-8-9-16-25-21)24(29)22(18-19-10-4-2-5-11-19)26-23(28)20-12-6-3-7-13-20/h2-14,16,18H,15,17H2,1H3,(H,26,28)/b22-18-. The summed E-state index contributed by atoms with van der Waals surface area (Å²) >= 11 is 0. The van der Waals surface area contributed by atoms with Crippen molar-refractivity contribution in [3.8, 4) is 0 Å². The largest absolute Gasteiger partial charge is 0.340 e. The Balaban J connectivity index is 1.77. The van der Waals surface area contributed by atoms with Gasteiger partial charge in [-0.05, 0) is 35.9 Å². The molecule has 3 aromatic rings. The molecule has 0 bridgehead atoms. The van der Waals surface area contributed by atoms with Crippen molar-refractivity contribution < 1.29 is 9.59 Å². The van der Waals surface area contributed by atoms with Crippen LogP contribution < -0.4 is 5.32 Å². The van der Waals surface area contributed by atoms with Gasteiger partial charge < -0.3 is 10.2 Å². The third-order valence-corrected chi connectivity index (χ3v) is 4.40. The Labute approximate surface area is 170 Å². The summed E-state index contributed by atoms with van der Waals surface area (Å²) in [5, 5.41) is 2.78. The van der Waals surface area contributed by atoms with Crippen molar-refractivity contribution in [3.63, 3.8) is 0 Å². The Kier molecular flexibility index (Phi) is 6.90. The fraction of sp³-hybridized carbons (Fsp3) is 0.125. The molecular weight excluding hydrogens is 362 g/mol. The van der Waals surface area contributed by atoms with Crippen LogP contribution in [0.3, 0.4) is 0 Å². The molecule has 1 aromatic heterocycles. The van der Waals surface area contributed by atoms with Crippen molar-refractivity contribution in [2.45, 2.75) is 6.42 Å². The van der Waals surface area contributed by atoms with Crippen LogP contribution in [0.15, 0.2) is 90.8 Å². The summed E-state index contributed by atoms with van der Waals surface area (Å²) in [6.45, 7) is 0.489. The minimum atomic E-state index is -0.320. The molecule has 0 saturated carbocycles. The van der Waals surface area contributed by atoms with Crippen LogP contribution in [0.25, 0.3) is 6.08 Å². The molecule has 5 heteroatoms. The van der Waals surface area contributed by atoms with E-state index in [1.54, 1.807) is 48.5 Å². The SMILES string of the molecule is CN(CCc1ccccn1)C(=O)/C(=C/c1ccccc1)NC(=O)c1ccccc1. The molecule has 0 fully saturated rings. The number of amides is 2. The zero-order valence-corrected chi connectivity index (χ0v) is 16.3. The molecule has 0 spiro atoms. The Bertz CT molecular complexity index is 971. The van der Waals surface area contributed by atoms with Gasteiger partial charge in [-0.1, -0.05) is 54.6 Å². The van der Waals surface area contributed by atoms with Crippen molar-refractivity contribution in [2.24, 2.45) is 0 Å². The van der Waals surface area contributed by atoms with Crippen molar-refractivity contribution in [1.29, 1.82) is 0 Å². The highest BCUT2D eigenvalue weighted by molar-refractivity contribution is 6.05. The van der Waals surface area contributed by atoms with Gasteiger partial charge in [0.2, 0.25) is 0 Å². The van der Waals surface area contributed by atoms with E-state index in [9.17, 15) is 9.59 Å². The molecule has 146 valence electrons. The minimum Gasteiger partial charge on any atom is -0.340 e. The molecule has 3 rings (SSSR count). The van der Waals surface area contributed by atoms with Crippen LogP contribution in [0, 0.1) is 0 Å². The van der Waals surface area contributed by atoms with Gasteiger partial charge in [-0.15, -0.1) is 0 Å². The molecule has 0 aliphatic carbocycles. The summed E-state index contributed by atoms with van der Waals surface area (Å²) in [5.74, 6) is -0.576. The van der Waals surface area contributed by atoms with E-state index in [0.717, 1.165) is 11.3 Å². The van der Waals surface area contributed by atoms with Crippen molar-refractivity contribution in [1.82, 2.24) is 15.2 Å². The molecule has 2 amide bonds. The van der Waals surface area contributed by atoms with E-state index in [1.807, 2.05) is 54.6 Å². The Hall–Kier alpha value is -3.73. The Morgan fingerprint density at radius 3 is 2.24 bits per heavy atom. The third-order valence-electron chi connectivity index (χ3n) is 4.40. The van der Waals surface area contributed by atoms with Crippen molar-refractivity contribution in [2.75, 3.05) is 13.6 Å². The topological polar surface area (TPSA) is 62.3 Å². The second kappa shape index (κ2) is 9.99. The lowest BCUT2D eigenvalue weighted by Gasteiger charge is -2.19. The quantitative estimate of drug-likeness (QED) is 0.633. The first-order chi connectivity index (χ1) is 14.1. The zero-order chi connectivity index (χ0) is 20.5. The minimum absolute atomic E-state index is 0.230. The van der Waals surface area contributed by atoms with Gasteiger partial charge >= 0.3 is 0 Å². The highest BCUT2D eigenvalue weighted by Gasteiger charge is 2.18. The number of nitrogens with zero attached hydrogens (tertiary/aromatic N) is 2. The average Bonchev–Trinajstić information content (AvgIpc) is 2.78. The lowest BCUT2D eigenvalue weighted by molar-refractivity contribution is -0.126. The van der Waals surface area contributed by atoms with Crippen LogP contribution in [0.5, 0.6) is 0 Å². The van der Waals surface area contributed by atoms with Crippen molar-refractivity contribution >= 4 is 17.9 Å². The number of hydrogen-bond acceptors (Lipinski definition) is 3. The summed E-state index contributed by atoms with van der Waals surface area (Å²) < 4.78 is 0. The maximum atomic E-state index is 13.1. The molecule has 0 radical (unpaired) electrons. The molecular formula is C24H23N3O2. The number of hydrogen-bond donors (Lipinski definition) is 1. The monoisotopic (exact) mass is 385 g/mol. The van der Waals surface area contributed by atoms with Gasteiger partial charge in [0, 0.05) is 37.5 Å². The highest BCUT2D eigenvalue weighted by Crippen LogP contribution is 2.09. The lowest BCUT2D eigenvalue weighted by Crippen LogP contribution is -2.37. The number of carbonyl (C=O) groups excluding carboxylic acids is 2. The van der Waals surface area contributed by atoms with Crippen LogP contribution in [-0.2, 0) is 11.2 Å². The normalized spacial score (nSPS) is 11.0. The molecule has 0 unspecified atom stereocenters. The maximum Gasteiger partial charge on any atom is 0.270 e. The van der Waals surface area contributed by atoms with Crippen LogP contribution in [0.4, 0.5) is 0 Å². The average molecular weight is 385 g/mol. The first-order valence-corrected chi connectivity index (χ1v) is 9.42.